The summed E-state index contributed by atoms with van der Waals surface area (Å²) in [5.41, 5.74) is 0.984. The van der Waals surface area contributed by atoms with Crippen LogP contribution < -0.4 is 10.9 Å². The van der Waals surface area contributed by atoms with E-state index in [0.717, 1.165) is 29.7 Å². The highest BCUT2D eigenvalue weighted by Gasteiger charge is 2.23. The van der Waals surface area contributed by atoms with Crippen molar-refractivity contribution >= 4 is 27.5 Å². The van der Waals surface area contributed by atoms with Gasteiger partial charge in [0.15, 0.2) is 0 Å². The maximum atomic E-state index is 12.7. The molecule has 2 aromatic rings. The highest BCUT2D eigenvalue weighted by Crippen LogP contribution is 2.35. The first-order chi connectivity index (χ1) is 11.1. The predicted octanol–water partition coefficient (Wildman–Crippen LogP) is 1.61. The third kappa shape index (κ3) is 3.13. The van der Waals surface area contributed by atoms with Gasteiger partial charge in [-0.2, -0.15) is 5.26 Å². The third-order valence-electron chi connectivity index (χ3n) is 4.16. The summed E-state index contributed by atoms with van der Waals surface area (Å²) in [6, 6.07) is 1.96. The van der Waals surface area contributed by atoms with E-state index in [0.29, 0.717) is 17.8 Å². The number of thiophene rings is 1. The minimum absolute atomic E-state index is 0.0613. The zero-order chi connectivity index (χ0) is 16.4. The quantitative estimate of drug-likeness (QED) is 0.863. The van der Waals surface area contributed by atoms with Crippen molar-refractivity contribution in [2.24, 2.45) is 5.92 Å². The molecule has 0 aromatic carbocycles. The summed E-state index contributed by atoms with van der Waals surface area (Å²) in [6.45, 7) is 2.46. The number of carbonyl (C=O) groups excluding carboxylic acids is 1. The third-order valence-corrected chi connectivity index (χ3v) is 5.32. The van der Waals surface area contributed by atoms with Gasteiger partial charge >= 0.3 is 0 Å². The Balaban J connectivity index is 1.89. The van der Waals surface area contributed by atoms with Crippen molar-refractivity contribution in [3.05, 3.63) is 27.1 Å². The van der Waals surface area contributed by atoms with Crippen molar-refractivity contribution in [3.63, 3.8) is 0 Å². The topological polar surface area (TPSA) is 87.8 Å². The first kappa shape index (κ1) is 15.7. The van der Waals surface area contributed by atoms with E-state index in [1.54, 1.807) is 11.3 Å². The van der Waals surface area contributed by atoms with Gasteiger partial charge in [0.2, 0.25) is 5.91 Å². The van der Waals surface area contributed by atoms with Gasteiger partial charge in [-0.1, -0.05) is 6.92 Å². The molecule has 0 saturated heterocycles. The summed E-state index contributed by atoms with van der Waals surface area (Å²) in [4.78, 5) is 31.0. The van der Waals surface area contributed by atoms with Crippen LogP contribution in [-0.4, -0.2) is 22.0 Å². The molecule has 1 amide bonds. The van der Waals surface area contributed by atoms with Gasteiger partial charge in [-0.15, -0.1) is 11.3 Å². The Morgan fingerprint density at radius 3 is 3.22 bits per heavy atom. The van der Waals surface area contributed by atoms with Crippen LogP contribution >= 0.6 is 11.3 Å². The van der Waals surface area contributed by atoms with Crippen LogP contribution in [0.5, 0.6) is 0 Å². The van der Waals surface area contributed by atoms with E-state index in [-0.39, 0.29) is 24.4 Å². The number of amides is 1. The molecular weight excluding hydrogens is 312 g/mol. The van der Waals surface area contributed by atoms with Crippen molar-refractivity contribution in [1.29, 1.82) is 5.26 Å². The van der Waals surface area contributed by atoms with E-state index >= 15 is 0 Å². The highest BCUT2D eigenvalue weighted by molar-refractivity contribution is 7.18. The second kappa shape index (κ2) is 6.50. The molecule has 0 saturated carbocycles. The summed E-state index contributed by atoms with van der Waals surface area (Å²) >= 11 is 1.60. The Morgan fingerprint density at radius 2 is 2.43 bits per heavy atom. The van der Waals surface area contributed by atoms with Crippen molar-refractivity contribution in [2.75, 3.05) is 6.54 Å². The number of fused-ring (bicyclic) bond motifs is 3. The number of hydrogen-bond donors (Lipinski definition) is 1. The lowest BCUT2D eigenvalue weighted by atomic mass is 9.89. The Hall–Kier alpha value is -2.20. The van der Waals surface area contributed by atoms with Crippen LogP contribution in [0.2, 0.25) is 0 Å². The number of rotatable bonds is 4. The van der Waals surface area contributed by atoms with Gasteiger partial charge < -0.3 is 5.32 Å². The highest BCUT2D eigenvalue weighted by atomic mass is 32.1. The average Bonchev–Trinajstić information content (AvgIpc) is 2.88. The van der Waals surface area contributed by atoms with E-state index in [1.165, 1.54) is 15.8 Å². The minimum Gasteiger partial charge on any atom is -0.354 e. The lowest BCUT2D eigenvalue weighted by Crippen LogP contribution is -2.33. The molecule has 6 nitrogen and oxygen atoms in total. The van der Waals surface area contributed by atoms with E-state index in [4.69, 9.17) is 5.26 Å². The molecule has 0 unspecified atom stereocenters. The molecule has 0 spiro atoms. The Kier molecular flexibility index (Phi) is 4.44. The SMILES string of the molecule is C[C@H]1CCc2c(sc3ncn(CC(=O)NCCC#N)c(=O)c23)C1. The molecule has 1 N–H and O–H groups in total. The zero-order valence-corrected chi connectivity index (χ0v) is 13.8. The first-order valence-corrected chi connectivity index (χ1v) is 8.55. The second-order valence-corrected chi connectivity index (χ2v) is 7.05. The van der Waals surface area contributed by atoms with E-state index in [2.05, 4.69) is 17.2 Å². The molecule has 2 aromatic heterocycles. The molecule has 1 aliphatic rings. The fourth-order valence-corrected chi connectivity index (χ4v) is 4.29. The Morgan fingerprint density at radius 1 is 1.61 bits per heavy atom. The summed E-state index contributed by atoms with van der Waals surface area (Å²) in [5.74, 6) is 0.366. The predicted molar refractivity (Wildman–Crippen MR) is 88.3 cm³/mol. The number of hydrogen-bond acceptors (Lipinski definition) is 5. The van der Waals surface area contributed by atoms with Crippen LogP contribution in [-0.2, 0) is 24.2 Å². The van der Waals surface area contributed by atoms with Crippen LogP contribution in [0.25, 0.3) is 10.2 Å². The largest absolute Gasteiger partial charge is 0.354 e. The first-order valence-electron chi connectivity index (χ1n) is 7.73. The lowest BCUT2D eigenvalue weighted by Gasteiger charge is -2.17. The smallest absolute Gasteiger partial charge is 0.262 e. The van der Waals surface area contributed by atoms with Crippen LogP contribution in [0.1, 0.15) is 30.2 Å². The lowest BCUT2D eigenvalue weighted by molar-refractivity contribution is -0.121. The average molecular weight is 330 g/mol. The van der Waals surface area contributed by atoms with Crippen LogP contribution in [0, 0.1) is 17.2 Å². The summed E-state index contributed by atoms with van der Waals surface area (Å²) in [7, 11) is 0. The molecule has 23 heavy (non-hydrogen) atoms. The van der Waals surface area contributed by atoms with Crippen molar-refractivity contribution in [1.82, 2.24) is 14.9 Å². The summed E-state index contributed by atoms with van der Waals surface area (Å²) in [5, 5.41) is 11.8. The van der Waals surface area contributed by atoms with Gasteiger partial charge in [0, 0.05) is 11.4 Å². The van der Waals surface area contributed by atoms with E-state index in [9.17, 15) is 9.59 Å². The number of aromatic nitrogens is 2. The molecule has 1 aliphatic carbocycles. The number of nitrogens with zero attached hydrogens (tertiary/aromatic N) is 3. The summed E-state index contributed by atoms with van der Waals surface area (Å²) < 4.78 is 1.36. The normalized spacial score (nSPS) is 16.8. The monoisotopic (exact) mass is 330 g/mol. The van der Waals surface area contributed by atoms with Gasteiger partial charge in [0.05, 0.1) is 24.2 Å². The molecule has 3 rings (SSSR count). The Labute approximate surface area is 137 Å². The molecular formula is C16H18N4O2S. The van der Waals surface area contributed by atoms with Gasteiger partial charge in [-0.3, -0.25) is 14.2 Å². The van der Waals surface area contributed by atoms with Gasteiger partial charge in [-0.05, 0) is 30.7 Å². The molecule has 0 fully saturated rings. The fourth-order valence-electron chi connectivity index (χ4n) is 2.95. The van der Waals surface area contributed by atoms with Crippen molar-refractivity contribution < 1.29 is 4.79 Å². The fraction of sp³-hybridized carbons (Fsp3) is 0.500. The van der Waals surface area contributed by atoms with Crippen LogP contribution in [0.15, 0.2) is 11.1 Å². The number of nitriles is 1. The van der Waals surface area contributed by atoms with Gasteiger partial charge in [-0.25, -0.2) is 4.98 Å². The number of nitrogens with one attached hydrogen (secondary N) is 1. The maximum Gasteiger partial charge on any atom is 0.262 e. The number of aryl methyl sites for hydroxylation is 1. The molecule has 7 heteroatoms. The Bertz CT molecular complexity index is 846. The molecule has 120 valence electrons. The maximum absolute atomic E-state index is 12.7. The van der Waals surface area contributed by atoms with Crippen molar-refractivity contribution in [3.8, 4) is 6.07 Å². The zero-order valence-electron chi connectivity index (χ0n) is 13.0. The standard InChI is InChI=1S/C16H18N4O2S/c1-10-3-4-11-12(7-10)23-15-14(11)16(22)20(9-19-15)8-13(21)18-6-2-5-17/h9-10H,2-4,6-8H2,1H3,(H,18,21)/t10-/m0/s1. The second-order valence-electron chi connectivity index (χ2n) is 5.97. The minimum atomic E-state index is -0.277. The van der Waals surface area contributed by atoms with Crippen LogP contribution in [0.3, 0.4) is 0 Å². The number of carbonyl (C=O) groups is 1. The molecule has 1 atom stereocenters. The molecule has 0 bridgehead atoms. The summed E-state index contributed by atoms with van der Waals surface area (Å²) in [6.07, 6.45) is 4.70. The molecule has 2 heterocycles. The molecule has 0 radical (unpaired) electrons. The van der Waals surface area contributed by atoms with Crippen LogP contribution in [0.4, 0.5) is 0 Å². The van der Waals surface area contributed by atoms with E-state index < -0.39 is 0 Å². The van der Waals surface area contributed by atoms with Crippen molar-refractivity contribution in [2.45, 2.75) is 39.2 Å². The van der Waals surface area contributed by atoms with Gasteiger partial charge in [0.1, 0.15) is 11.4 Å². The molecule has 0 aliphatic heterocycles. The van der Waals surface area contributed by atoms with E-state index in [1.807, 2.05) is 6.07 Å². The van der Waals surface area contributed by atoms with Gasteiger partial charge in [0.25, 0.3) is 5.56 Å².